The molecule has 14 heteroatoms. The molecule has 10 nitrogen and oxygen atoms in total. The fourth-order valence-corrected chi connectivity index (χ4v) is 5.51. The summed E-state index contributed by atoms with van der Waals surface area (Å²) in [6, 6.07) is 3.90. The number of pyridine rings is 1. The van der Waals surface area contributed by atoms with Crippen molar-refractivity contribution in [3.63, 3.8) is 0 Å². The molecule has 3 heterocycles. The Balaban J connectivity index is 1.76. The van der Waals surface area contributed by atoms with Crippen LogP contribution in [0.5, 0.6) is 5.75 Å². The van der Waals surface area contributed by atoms with Gasteiger partial charge in [-0.25, -0.2) is 18.4 Å². The average molecular weight is 542 g/mol. The van der Waals surface area contributed by atoms with Gasteiger partial charge in [0.15, 0.2) is 11.5 Å². The first-order valence-electron chi connectivity index (χ1n) is 11.3. The van der Waals surface area contributed by atoms with Crippen LogP contribution in [-0.2, 0) is 16.2 Å². The van der Waals surface area contributed by atoms with Crippen molar-refractivity contribution >= 4 is 26.8 Å². The molecule has 0 bridgehead atoms. The van der Waals surface area contributed by atoms with Gasteiger partial charge in [0.1, 0.15) is 17.0 Å². The molecule has 1 amide bonds. The SMILES string of the molecule is COc1ccc(-c2nc(C(=O)N3CCN(S(C)(=O)=O)[C@@H](C)C3)c([C@H](C)N)o2)c2ccc(C(F)(F)F)nc12. The monoisotopic (exact) mass is 541 g/mol. The van der Waals surface area contributed by atoms with Crippen LogP contribution in [0.1, 0.15) is 41.8 Å². The number of oxazole rings is 1. The highest BCUT2D eigenvalue weighted by Crippen LogP contribution is 2.37. The van der Waals surface area contributed by atoms with Gasteiger partial charge in [-0.15, -0.1) is 0 Å². The number of benzene rings is 1. The van der Waals surface area contributed by atoms with E-state index in [2.05, 4.69) is 9.97 Å². The minimum absolute atomic E-state index is 0.0207. The second-order valence-electron chi connectivity index (χ2n) is 8.90. The van der Waals surface area contributed by atoms with Crippen molar-refractivity contribution in [3.05, 3.63) is 41.4 Å². The number of hydrogen-bond donors (Lipinski definition) is 1. The third kappa shape index (κ3) is 5.13. The maximum Gasteiger partial charge on any atom is 0.433 e. The summed E-state index contributed by atoms with van der Waals surface area (Å²) >= 11 is 0. The molecule has 1 aliphatic heterocycles. The first-order valence-corrected chi connectivity index (χ1v) is 13.1. The maximum atomic E-state index is 13.4. The van der Waals surface area contributed by atoms with E-state index in [1.165, 1.54) is 28.4 Å². The van der Waals surface area contributed by atoms with Crippen LogP contribution in [0.15, 0.2) is 28.7 Å². The average Bonchev–Trinajstić information content (AvgIpc) is 3.26. The number of halogens is 3. The van der Waals surface area contributed by atoms with Gasteiger partial charge in [0, 0.05) is 36.6 Å². The van der Waals surface area contributed by atoms with E-state index in [-0.39, 0.29) is 53.6 Å². The number of amides is 1. The number of carbonyl (C=O) groups is 1. The van der Waals surface area contributed by atoms with E-state index in [1.807, 2.05) is 0 Å². The molecule has 37 heavy (non-hydrogen) atoms. The number of piperazine rings is 1. The Hall–Kier alpha value is -3.23. The summed E-state index contributed by atoms with van der Waals surface area (Å²) in [5, 5.41) is 0.277. The number of sulfonamides is 1. The van der Waals surface area contributed by atoms with Crippen LogP contribution in [0.2, 0.25) is 0 Å². The highest BCUT2D eigenvalue weighted by Gasteiger charge is 2.36. The zero-order valence-corrected chi connectivity index (χ0v) is 21.4. The van der Waals surface area contributed by atoms with Crippen molar-refractivity contribution < 1.29 is 35.5 Å². The van der Waals surface area contributed by atoms with Gasteiger partial charge < -0.3 is 19.8 Å². The number of aromatic nitrogens is 2. The van der Waals surface area contributed by atoms with Gasteiger partial charge in [-0.3, -0.25) is 4.79 Å². The highest BCUT2D eigenvalue weighted by atomic mass is 32.2. The van der Waals surface area contributed by atoms with E-state index < -0.39 is 39.9 Å². The third-order valence-corrected chi connectivity index (χ3v) is 7.50. The van der Waals surface area contributed by atoms with E-state index in [1.54, 1.807) is 19.9 Å². The fraction of sp³-hybridized carbons (Fsp3) is 0.435. The van der Waals surface area contributed by atoms with Crippen molar-refractivity contribution in [1.82, 2.24) is 19.2 Å². The predicted molar refractivity (Wildman–Crippen MR) is 128 cm³/mol. The standard InChI is InChI=1S/C23H26F3N5O5S/c1-12-11-30(9-10-31(12)37(4,33)34)22(32)19-20(13(2)27)36-21(29-19)15-5-7-16(35-3)18-14(15)6-8-17(28-18)23(24,25)26/h5-8,12-13H,9-11,27H2,1-4H3/t12-,13-/m0/s1. The van der Waals surface area contributed by atoms with Crippen LogP contribution in [0.25, 0.3) is 22.4 Å². The lowest BCUT2D eigenvalue weighted by Gasteiger charge is -2.38. The number of nitrogens with two attached hydrogens (primary N) is 1. The van der Waals surface area contributed by atoms with E-state index >= 15 is 0 Å². The molecule has 3 aromatic rings. The van der Waals surface area contributed by atoms with Gasteiger partial charge in [0.05, 0.1) is 19.4 Å². The van der Waals surface area contributed by atoms with E-state index in [0.29, 0.717) is 5.56 Å². The second kappa shape index (κ2) is 9.58. The van der Waals surface area contributed by atoms with Crippen LogP contribution in [0, 0.1) is 0 Å². The molecule has 1 saturated heterocycles. The lowest BCUT2D eigenvalue weighted by atomic mass is 10.1. The molecule has 4 rings (SSSR count). The van der Waals surface area contributed by atoms with Crippen molar-refractivity contribution in [2.75, 3.05) is 33.0 Å². The lowest BCUT2D eigenvalue weighted by molar-refractivity contribution is -0.140. The molecular formula is C23H26F3N5O5S. The van der Waals surface area contributed by atoms with Gasteiger partial charge in [-0.05, 0) is 38.1 Å². The second-order valence-corrected chi connectivity index (χ2v) is 10.8. The first-order chi connectivity index (χ1) is 17.2. The molecule has 0 radical (unpaired) electrons. The number of rotatable bonds is 5. The Morgan fingerprint density at radius 3 is 2.49 bits per heavy atom. The van der Waals surface area contributed by atoms with Crippen molar-refractivity contribution in [3.8, 4) is 17.2 Å². The molecule has 0 saturated carbocycles. The number of alkyl halides is 3. The Morgan fingerprint density at radius 2 is 1.92 bits per heavy atom. The van der Waals surface area contributed by atoms with Crippen LogP contribution in [0.3, 0.4) is 0 Å². The zero-order chi connectivity index (χ0) is 27.3. The van der Waals surface area contributed by atoms with Gasteiger partial charge >= 0.3 is 6.18 Å². The Kier molecular flexibility index (Phi) is 6.94. The normalized spacial score (nSPS) is 18.3. The Labute approximate surface area is 211 Å². The summed E-state index contributed by atoms with van der Waals surface area (Å²) in [5.74, 6) is -0.287. The molecule has 2 N–H and O–H groups in total. The number of hydrogen-bond acceptors (Lipinski definition) is 8. The molecule has 1 aromatic carbocycles. The third-order valence-electron chi connectivity index (χ3n) is 6.11. The zero-order valence-electron chi connectivity index (χ0n) is 20.5. The van der Waals surface area contributed by atoms with E-state index in [0.717, 1.165) is 12.3 Å². The minimum Gasteiger partial charge on any atom is -0.494 e. The summed E-state index contributed by atoms with van der Waals surface area (Å²) in [6.45, 7) is 3.72. The Morgan fingerprint density at radius 1 is 1.22 bits per heavy atom. The first kappa shape index (κ1) is 26.8. The number of methoxy groups -OCH3 is 1. The van der Waals surface area contributed by atoms with E-state index in [9.17, 15) is 26.4 Å². The molecule has 2 aromatic heterocycles. The molecule has 200 valence electrons. The van der Waals surface area contributed by atoms with Crippen molar-refractivity contribution in [2.45, 2.75) is 32.1 Å². The maximum absolute atomic E-state index is 13.4. The largest absolute Gasteiger partial charge is 0.494 e. The molecule has 1 aliphatic rings. The molecule has 2 atom stereocenters. The van der Waals surface area contributed by atoms with Crippen molar-refractivity contribution in [1.29, 1.82) is 0 Å². The van der Waals surface area contributed by atoms with Crippen LogP contribution in [-0.4, -0.2) is 72.5 Å². The molecule has 0 unspecified atom stereocenters. The molecule has 1 fully saturated rings. The van der Waals surface area contributed by atoms with Crippen LogP contribution in [0.4, 0.5) is 13.2 Å². The smallest absolute Gasteiger partial charge is 0.433 e. The van der Waals surface area contributed by atoms with Gasteiger partial charge in [-0.2, -0.15) is 17.5 Å². The van der Waals surface area contributed by atoms with Gasteiger partial charge in [-0.1, -0.05) is 0 Å². The van der Waals surface area contributed by atoms with Crippen molar-refractivity contribution in [2.24, 2.45) is 5.73 Å². The number of nitrogens with zero attached hydrogens (tertiary/aromatic N) is 4. The molecule has 0 spiro atoms. The quantitative estimate of drug-likeness (QED) is 0.521. The van der Waals surface area contributed by atoms with Crippen LogP contribution >= 0.6 is 0 Å². The molecule has 0 aliphatic carbocycles. The predicted octanol–water partition coefficient (Wildman–Crippen LogP) is 3.04. The summed E-state index contributed by atoms with van der Waals surface area (Å²) in [4.78, 5) is 23.0. The van der Waals surface area contributed by atoms with Gasteiger partial charge in [0.25, 0.3) is 5.91 Å². The fourth-order valence-electron chi connectivity index (χ4n) is 4.38. The summed E-state index contributed by atoms with van der Waals surface area (Å²) < 4.78 is 76.2. The highest BCUT2D eigenvalue weighted by molar-refractivity contribution is 7.88. The Bertz CT molecular complexity index is 1450. The topological polar surface area (TPSA) is 132 Å². The minimum atomic E-state index is -4.65. The van der Waals surface area contributed by atoms with E-state index in [4.69, 9.17) is 14.9 Å². The summed E-state index contributed by atoms with van der Waals surface area (Å²) in [5.41, 5.74) is 5.18. The number of carbonyl (C=O) groups excluding carboxylic acids is 1. The number of fused-ring (bicyclic) bond motifs is 1. The summed E-state index contributed by atoms with van der Waals surface area (Å²) in [7, 11) is -2.11. The molecular weight excluding hydrogens is 515 g/mol. The van der Waals surface area contributed by atoms with Gasteiger partial charge in [0.2, 0.25) is 15.9 Å². The van der Waals surface area contributed by atoms with Crippen LogP contribution < -0.4 is 10.5 Å². The number of ether oxygens (including phenoxy) is 1. The summed E-state index contributed by atoms with van der Waals surface area (Å²) in [6.07, 6.45) is -3.54. The lowest BCUT2D eigenvalue weighted by Crippen LogP contribution is -2.55.